The summed E-state index contributed by atoms with van der Waals surface area (Å²) < 4.78 is 9.97. The Balaban J connectivity index is 2.18. The van der Waals surface area contributed by atoms with Gasteiger partial charge >= 0.3 is 6.09 Å². The van der Waals surface area contributed by atoms with E-state index in [2.05, 4.69) is 15.5 Å². The Kier molecular flexibility index (Phi) is 5.14. The number of rotatable bonds is 5. The minimum atomic E-state index is -0.762. The molecule has 0 aliphatic carbocycles. The molecule has 0 aliphatic rings. The molecule has 138 valence electrons. The first-order valence-corrected chi connectivity index (χ1v) is 7.29. The number of aromatic nitrogens is 2. The van der Waals surface area contributed by atoms with Crippen LogP contribution in [-0.4, -0.2) is 31.7 Å². The van der Waals surface area contributed by atoms with Crippen molar-refractivity contribution in [1.82, 2.24) is 15.5 Å². The van der Waals surface area contributed by atoms with Crippen LogP contribution in [0.15, 0.2) is 22.7 Å². The van der Waals surface area contributed by atoms with Crippen LogP contribution < -0.4 is 5.32 Å². The van der Waals surface area contributed by atoms with E-state index in [0.717, 1.165) is 18.2 Å². The fourth-order valence-electron chi connectivity index (χ4n) is 1.84. The molecule has 0 bridgehead atoms. The van der Waals surface area contributed by atoms with Gasteiger partial charge in [-0.15, -0.1) is 0 Å². The number of hydrogen-bond acceptors (Lipinski definition) is 9. The van der Waals surface area contributed by atoms with Crippen molar-refractivity contribution >= 4 is 17.5 Å². The van der Waals surface area contributed by atoms with E-state index in [1.807, 2.05) is 0 Å². The fraction of sp³-hybridized carbons (Fsp3) is 0.357. The average molecular weight is 365 g/mol. The maximum atomic E-state index is 11.6. The van der Waals surface area contributed by atoms with Crippen molar-refractivity contribution in [3.63, 3.8) is 0 Å². The number of non-ortho nitro benzene ring substituents is 2. The third-order valence-electron chi connectivity index (χ3n) is 2.83. The molecule has 2 rings (SSSR count). The number of carbonyl (C=O) groups excluding carboxylic acids is 1. The van der Waals surface area contributed by atoms with Crippen LogP contribution in [0.4, 0.5) is 16.2 Å². The number of ether oxygens (including phenoxy) is 1. The van der Waals surface area contributed by atoms with Gasteiger partial charge < -0.3 is 14.6 Å². The van der Waals surface area contributed by atoms with Crippen LogP contribution >= 0.6 is 0 Å². The van der Waals surface area contributed by atoms with Crippen molar-refractivity contribution < 1.29 is 23.9 Å². The summed E-state index contributed by atoms with van der Waals surface area (Å²) in [6, 6.07) is 3.00. The van der Waals surface area contributed by atoms with Crippen molar-refractivity contribution in [3.8, 4) is 11.4 Å². The van der Waals surface area contributed by atoms with Gasteiger partial charge in [0.05, 0.1) is 15.9 Å². The maximum Gasteiger partial charge on any atom is 0.408 e. The van der Waals surface area contributed by atoms with Gasteiger partial charge in [-0.2, -0.15) is 4.98 Å². The first-order chi connectivity index (χ1) is 12.0. The predicted octanol–water partition coefficient (Wildman–Crippen LogP) is 2.58. The van der Waals surface area contributed by atoms with Crippen molar-refractivity contribution in [2.45, 2.75) is 32.9 Å². The van der Waals surface area contributed by atoms with E-state index in [0.29, 0.717) is 0 Å². The molecule has 0 aliphatic heterocycles. The first kappa shape index (κ1) is 18.8. The van der Waals surface area contributed by atoms with E-state index in [1.165, 1.54) is 0 Å². The number of alkyl carbamates (subject to hydrolysis) is 1. The highest BCUT2D eigenvalue weighted by molar-refractivity contribution is 5.67. The number of nitrogens with zero attached hydrogens (tertiary/aromatic N) is 4. The van der Waals surface area contributed by atoms with Gasteiger partial charge in [0.2, 0.25) is 11.7 Å². The molecule has 1 N–H and O–H groups in total. The summed E-state index contributed by atoms with van der Waals surface area (Å²) in [5.74, 6) is -0.0854. The molecule has 1 amide bonds. The Bertz CT molecular complexity index is 823. The van der Waals surface area contributed by atoms with Crippen LogP contribution in [0.3, 0.4) is 0 Å². The van der Waals surface area contributed by atoms with Crippen molar-refractivity contribution in [2.24, 2.45) is 0 Å². The zero-order valence-corrected chi connectivity index (χ0v) is 14.1. The fourth-order valence-corrected chi connectivity index (χ4v) is 1.84. The zero-order valence-electron chi connectivity index (χ0n) is 14.1. The molecule has 1 aromatic heterocycles. The van der Waals surface area contributed by atoms with Crippen LogP contribution in [-0.2, 0) is 11.3 Å². The summed E-state index contributed by atoms with van der Waals surface area (Å²) in [5, 5.41) is 27.8. The summed E-state index contributed by atoms with van der Waals surface area (Å²) in [7, 11) is 0. The monoisotopic (exact) mass is 365 g/mol. The van der Waals surface area contributed by atoms with Crippen molar-refractivity contribution in [3.05, 3.63) is 44.3 Å². The summed E-state index contributed by atoms with van der Waals surface area (Å²) >= 11 is 0. The minimum absolute atomic E-state index is 0.0000170. The molecule has 0 unspecified atom stereocenters. The number of nitro groups is 2. The van der Waals surface area contributed by atoms with Crippen LogP contribution in [0.5, 0.6) is 0 Å². The van der Waals surface area contributed by atoms with Crippen molar-refractivity contribution in [2.75, 3.05) is 0 Å². The molecule has 0 fully saturated rings. The lowest BCUT2D eigenvalue weighted by Crippen LogP contribution is -2.32. The van der Waals surface area contributed by atoms with Crippen LogP contribution in [0, 0.1) is 20.2 Å². The quantitative estimate of drug-likeness (QED) is 0.619. The second-order valence-electron chi connectivity index (χ2n) is 6.12. The number of hydrogen-bond donors (Lipinski definition) is 1. The molecule has 0 spiro atoms. The number of nitro benzene ring substituents is 2. The number of benzene rings is 1. The smallest absolute Gasteiger partial charge is 0.408 e. The number of amides is 1. The molecule has 0 saturated heterocycles. The zero-order chi connectivity index (χ0) is 19.5. The van der Waals surface area contributed by atoms with Gasteiger partial charge in [-0.3, -0.25) is 20.2 Å². The van der Waals surface area contributed by atoms with Gasteiger partial charge in [0.1, 0.15) is 12.1 Å². The second-order valence-corrected chi connectivity index (χ2v) is 6.12. The van der Waals surface area contributed by atoms with E-state index >= 15 is 0 Å². The Morgan fingerprint density at radius 3 is 2.27 bits per heavy atom. The normalized spacial score (nSPS) is 11.0. The highest BCUT2D eigenvalue weighted by Crippen LogP contribution is 2.28. The van der Waals surface area contributed by atoms with Crippen LogP contribution in [0.2, 0.25) is 0 Å². The number of carbonyl (C=O) groups is 1. The molecule has 0 atom stereocenters. The van der Waals surface area contributed by atoms with Gasteiger partial charge in [0.15, 0.2) is 0 Å². The van der Waals surface area contributed by atoms with E-state index in [-0.39, 0.29) is 23.8 Å². The molecule has 2 aromatic rings. The Morgan fingerprint density at radius 2 is 1.77 bits per heavy atom. The molecule has 26 heavy (non-hydrogen) atoms. The standard InChI is InChI=1S/C14H15N5O7/c1-14(2,3)25-13(20)15-7-11-16-12(17-26-11)8-4-9(18(21)22)6-10(5-8)19(23)24/h4-6H,7H2,1-3H3,(H,15,20). The predicted molar refractivity (Wildman–Crippen MR) is 86.1 cm³/mol. The molecule has 1 aromatic carbocycles. The highest BCUT2D eigenvalue weighted by atomic mass is 16.6. The Labute approximate surface area is 146 Å². The van der Waals surface area contributed by atoms with Gasteiger partial charge in [-0.1, -0.05) is 5.16 Å². The molecule has 0 radical (unpaired) electrons. The van der Waals surface area contributed by atoms with E-state index in [9.17, 15) is 25.0 Å². The van der Waals surface area contributed by atoms with Gasteiger partial charge in [0.25, 0.3) is 11.4 Å². The largest absolute Gasteiger partial charge is 0.444 e. The van der Waals surface area contributed by atoms with Crippen LogP contribution in [0.1, 0.15) is 26.7 Å². The van der Waals surface area contributed by atoms with E-state index < -0.39 is 32.9 Å². The Hall–Kier alpha value is -3.57. The third kappa shape index (κ3) is 4.96. The molecule has 12 nitrogen and oxygen atoms in total. The van der Waals surface area contributed by atoms with Gasteiger partial charge in [-0.05, 0) is 20.8 Å². The highest BCUT2D eigenvalue weighted by Gasteiger charge is 2.21. The number of nitrogens with one attached hydrogen (secondary N) is 1. The first-order valence-electron chi connectivity index (χ1n) is 7.29. The lowest BCUT2D eigenvalue weighted by atomic mass is 10.1. The lowest BCUT2D eigenvalue weighted by Gasteiger charge is -2.19. The topological polar surface area (TPSA) is 164 Å². The van der Waals surface area contributed by atoms with E-state index in [4.69, 9.17) is 9.26 Å². The molecule has 1 heterocycles. The third-order valence-corrected chi connectivity index (χ3v) is 2.83. The average Bonchev–Trinajstić information content (AvgIpc) is 2.99. The van der Waals surface area contributed by atoms with Gasteiger partial charge in [-0.25, -0.2) is 4.79 Å². The summed E-state index contributed by atoms with van der Waals surface area (Å²) in [4.78, 5) is 35.8. The summed E-state index contributed by atoms with van der Waals surface area (Å²) in [6.07, 6.45) is -0.691. The van der Waals surface area contributed by atoms with Crippen molar-refractivity contribution in [1.29, 1.82) is 0 Å². The Morgan fingerprint density at radius 1 is 1.19 bits per heavy atom. The maximum absolute atomic E-state index is 11.6. The molecule has 12 heteroatoms. The van der Waals surface area contributed by atoms with E-state index in [1.54, 1.807) is 20.8 Å². The minimum Gasteiger partial charge on any atom is -0.444 e. The summed E-state index contributed by atoms with van der Waals surface area (Å²) in [5.41, 5.74) is -1.59. The molecular formula is C14H15N5O7. The van der Waals surface area contributed by atoms with Crippen LogP contribution in [0.25, 0.3) is 11.4 Å². The molecule has 0 saturated carbocycles. The second kappa shape index (κ2) is 7.13. The lowest BCUT2D eigenvalue weighted by molar-refractivity contribution is -0.394. The van der Waals surface area contributed by atoms with Gasteiger partial charge in [0, 0.05) is 17.7 Å². The molecular weight excluding hydrogens is 350 g/mol. The SMILES string of the molecule is CC(C)(C)OC(=O)NCc1nc(-c2cc([N+](=O)[O-])cc([N+](=O)[O-])c2)no1. The summed E-state index contributed by atoms with van der Waals surface area (Å²) in [6.45, 7) is 4.96.